The zero-order valence-corrected chi connectivity index (χ0v) is 14.0. The average molecular weight is 333 g/mol. The minimum Gasteiger partial charge on any atom is -0.309 e. The summed E-state index contributed by atoms with van der Waals surface area (Å²) in [6, 6.07) is 0. The van der Waals surface area contributed by atoms with Crippen LogP contribution in [0.5, 0.6) is 0 Å². The summed E-state index contributed by atoms with van der Waals surface area (Å²) in [6.07, 6.45) is 1.12. The van der Waals surface area contributed by atoms with Gasteiger partial charge in [0.15, 0.2) is 0 Å². The number of hydrogen-bond donors (Lipinski definition) is 1. The lowest BCUT2D eigenvalue weighted by molar-refractivity contribution is 0.558. The third-order valence-corrected chi connectivity index (χ3v) is 4.78. The van der Waals surface area contributed by atoms with Crippen molar-refractivity contribution < 1.29 is 0 Å². The molecule has 1 N–H and O–H groups in total. The van der Waals surface area contributed by atoms with Gasteiger partial charge in [0.1, 0.15) is 10.3 Å². The van der Waals surface area contributed by atoms with Crippen LogP contribution in [0.1, 0.15) is 52.6 Å². The molecule has 0 aliphatic rings. The molecule has 0 bridgehead atoms. The highest BCUT2D eigenvalue weighted by atomic mass is 79.9. The molecule has 0 saturated heterocycles. The van der Waals surface area contributed by atoms with Crippen molar-refractivity contribution in [3.8, 4) is 0 Å². The first-order chi connectivity index (χ1) is 8.25. The zero-order valence-electron chi connectivity index (χ0n) is 11.6. The van der Waals surface area contributed by atoms with E-state index >= 15 is 0 Å². The standard InChI is InChI=1S/C13H21BrN2OS/c1-6-8(2)18-7-9-15-11(13(3,4)5)10(14)12(17)16-9/h8H,6-7H2,1-5H3,(H,15,16,17). The van der Waals surface area contributed by atoms with E-state index in [4.69, 9.17) is 0 Å². The summed E-state index contributed by atoms with van der Waals surface area (Å²) in [5.74, 6) is 1.51. The lowest BCUT2D eigenvalue weighted by atomic mass is 9.92. The third-order valence-electron chi connectivity index (χ3n) is 2.70. The van der Waals surface area contributed by atoms with Crippen molar-refractivity contribution >= 4 is 27.7 Å². The first-order valence-electron chi connectivity index (χ1n) is 6.16. The van der Waals surface area contributed by atoms with Gasteiger partial charge >= 0.3 is 0 Å². The quantitative estimate of drug-likeness (QED) is 0.910. The van der Waals surface area contributed by atoms with E-state index in [0.717, 1.165) is 23.7 Å². The second kappa shape index (κ2) is 6.24. The highest BCUT2D eigenvalue weighted by Gasteiger charge is 2.22. The SMILES string of the molecule is CCC(C)SCc1nc(C(C)(C)C)c(Br)c(=O)[nH]1. The van der Waals surface area contributed by atoms with Gasteiger partial charge in [-0.1, -0.05) is 34.6 Å². The van der Waals surface area contributed by atoms with E-state index in [0.29, 0.717) is 9.72 Å². The van der Waals surface area contributed by atoms with Crippen molar-refractivity contribution in [3.63, 3.8) is 0 Å². The van der Waals surface area contributed by atoms with Gasteiger partial charge in [0.2, 0.25) is 0 Å². The van der Waals surface area contributed by atoms with Crippen molar-refractivity contribution in [1.29, 1.82) is 0 Å². The number of H-pyrrole nitrogens is 1. The van der Waals surface area contributed by atoms with Crippen LogP contribution in [0.4, 0.5) is 0 Å². The van der Waals surface area contributed by atoms with Gasteiger partial charge in [-0.3, -0.25) is 4.79 Å². The Morgan fingerprint density at radius 1 is 1.44 bits per heavy atom. The molecule has 0 fully saturated rings. The number of aromatic nitrogens is 2. The highest BCUT2D eigenvalue weighted by Crippen LogP contribution is 2.26. The van der Waals surface area contributed by atoms with Crippen molar-refractivity contribution in [1.82, 2.24) is 9.97 Å². The summed E-state index contributed by atoms with van der Waals surface area (Å²) < 4.78 is 0.548. The number of nitrogens with one attached hydrogen (secondary N) is 1. The summed E-state index contributed by atoms with van der Waals surface area (Å²) in [4.78, 5) is 19.3. The van der Waals surface area contributed by atoms with Crippen LogP contribution < -0.4 is 5.56 Å². The molecule has 1 atom stereocenters. The number of hydrogen-bond acceptors (Lipinski definition) is 3. The molecule has 0 aromatic carbocycles. The largest absolute Gasteiger partial charge is 0.309 e. The average Bonchev–Trinajstić information content (AvgIpc) is 2.28. The Bertz CT molecular complexity index is 465. The summed E-state index contributed by atoms with van der Waals surface area (Å²) in [5, 5.41) is 0.581. The Balaban J connectivity index is 3.02. The monoisotopic (exact) mass is 332 g/mol. The molecule has 3 nitrogen and oxygen atoms in total. The third kappa shape index (κ3) is 4.12. The second-order valence-corrected chi connectivity index (χ2v) is 7.67. The molecule has 0 saturated carbocycles. The van der Waals surface area contributed by atoms with Gasteiger partial charge in [-0.05, 0) is 22.4 Å². The molecule has 1 unspecified atom stereocenters. The van der Waals surface area contributed by atoms with Crippen molar-refractivity contribution in [2.75, 3.05) is 0 Å². The topological polar surface area (TPSA) is 45.8 Å². The van der Waals surface area contributed by atoms with Crippen molar-refractivity contribution in [2.24, 2.45) is 0 Å². The Hall–Kier alpha value is -0.290. The van der Waals surface area contributed by atoms with E-state index in [9.17, 15) is 4.79 Å². The summed E-state index contributed by atoms with van der Waals surface area (Å²) in [5.41, 5.74) is 0.601. The lowest BCUT2D eigenvalue weighted by Gasteiger charge is -2.19. The molecule has 1 heterocycles. The van der Waals surface area contributed by atoms with Crippen LogP contribution in [-0.4, -0.2) is 15.2 Å². The predicted molar refractivity (Wildman–Crippen MR) is 82.3 cm³/mol. The van der Waals surface area contributed by atoms with E-state index < -0.39 is 0 Å². The van der Waals surface area contributed by atoms with Gasteiger partial charge in [0.25, 0.3) is 5.56 Å². The molecule has 5 heteroatoms. The minimum absolute atomic E-state index is 0.0883. The van der Waals surface area contributed by atoms with Crippen LogP contribution in [0.2, 0.25) is 0 Å². The molecule has 0 aliphatic heterocycles. The molecular weight excluding hydrogens is 312 g/mol. The molecule has 0 spiro atoms. The molecule has 1 aromatic rings. The van der Waals surface area contributed by atoms with Crippen molar-refractivity contribution in [2.45, 2.75) is 57.5 Å². The summed E-state index contributed by atoms with van der Waals surface area (Å²) in [7, 11) is 0. The van der Waals surface area contributed by atoms with E-state index in [-0.39, 0.29) is 11.0 Å². The Morgan fingerprint density at radius 2 is 2.06 bits per heavy atom. The maximum atomic E-state index is 11.9. The number of thioether (sulfide) groups is 1. The van der Waals surface area contributed by atoms with E-state index in [1.54, 1.807) is 0 Å². The van der Waals surface area contributed by atoms with Gasteiger partial charge in [0, 0.05) is 10.7 Å². The van der Waals surface area contributed by atoms with Gasteiger partial charge in [0.05, 0.1) is 11.4 Å². The van der Waals surface area contributed by atoms with E-state index in [1.165, 1.54) is 0 Å². The van der Waals surface area contributed by atoms with Gasteiger partial charge in [-0.25, -0.2) is 4.98 Å². The van der Waals surface area contributed by atoms with Gasteiger partial charge < -0.3 is 4.98 Å². The fourth-order valence-electron chi connectivity index (χ4n) is 1.41. The van der Waals surface area contributed by atoms with Gasteiger partial charge in [-0.15, -0.1) is 0 Å². The highest BCUT2D eigenvalue weighted by molar-refractivity contribution is 9.10. The van der Waals surface area contributed by atoms with Gasteiger partial charge in [-0.2, -0.15) is 11.8 Å². The van der Waals surface area contributed by atoms with Crippen LogP contribution in [0.15, 0.2) is 9.27 Å². The van der Waals surface area contributed by atoms with E-state index in [2.05, 4.69) is 60.5 Å². The van der Waals surface area contributed by atoms with Crippen LogP contribution in [-0.2, 0) is 11.2 Å². The lowest BCUT2D eigenvalue weighted by Crippen LogP contribution is -2.23. The summed E-state index contributed by atoms with van der Waals surface area (Å²) in [6.45, 7) is 10.5. The fourth-order valence-corrected chi connectivity index (χ4v) is 3.01. The molecule has 18 heavy (non-hydrogen) atoms. The number of nitrogens with zero attached hydrogens (tertiary/aromatic N) is 1. The Labute approximate surface area is 121 Å². The fraction of sp³-hybridized carbons (Fsp3) is 0.692. The molecule has 102 valence electrons. The zero-order chi connectivity index (χ0) is 13.9. The molecule has 1 rings (SSSR count). The normalized spacial score (nSPS) is 13.7. The van der Waals surface area contributed by atoms with Crippen LogP contribution in [0.25, 0.3) is 0 Å². The second-order valence-electron chi connectivity index (χ2n) is 5.46. The number of halogens is 1. The molecular formula is C13H21BrN2OS. The molecule has 0 aliphatic carbocycles. The number of rotatable bonds is 4. The minimum atomic E-state index is -0.136. The smallest absolute Gasteiger partial charge is 0.265 e. The van der Waals surface area contributed by atoms with Crippen LogP contribution in [0, 0.1) is 0 Å². The maximum absolute atomic E-state index is 11.9. The molecule has 0 radical (unpaired) electrons. The first kappa shape index (κ1) is 15.8. The number of aromatic amines is 1. The van der Waals surface area contributed by atoms with Crippen LogP contribution >= 0.6 is 27.7 Å². The first-order valence-corrected chi connectivity index (χ1v) is 8.00. The molecule has 0 amide bonds. The van der Waals surface area contributed by atoms with Crippen LogP contribution in [0.3, 0.4) is 0 Å². The predicted octanol–water partition coefficient (Wildman–Crippen LogP) is 3.86. The Morgan fingerprint density at radius 3 is 2.56 bits per heavy atom. The maximum Gasteiger partial charge on any atom is 0.265 e. The molecule has 1 aromatic heterocycles. The summed E-state index contributed by atoms with van der Waals surface area (Å²) >= 11 is 5.15. The van der Waals surface area contributed by atoms with E-state index in [1.807, 2.05) is 11.8 Å². The Kier molecular flexibility index (Phi) is 5.46. The van der Waals surface area contributed by atoms with Crippen molar-refractivity contribution in [3.05, 3.63) is 26.3 Å².